The number of para-hydroxylation sites is 1. The topological polar surface area (TPSA) is 50.7 Å². The molecule has 16 heavy (non-hydrogen) atoms. The van der Waals surface area contributed by atoms with Gasteiger partial charge in [-0.2, -0.15) is 5.48 Å². The van der Waals surface area contributed by atoms with Crippen LogP contribution in [-0.2, 0) is 4.84 Å². The lowest BCUT2D eigenvalue weighted by Crippen LogP contribution is -2.31. The predicted octanol–water partition coefficient (Wildman–Crippen LogP) is 1.28. The summed E-state index contributed by atoms with van der Waals surface area (Å²) < 4.78 is 5.48. The van der Waals surface area contributed by atoms with E-state index in [4.69, 9.17) is 9.57 Å². The molecule has 0 aliphatic rings. The van der Waals surface area contributed by atoms with Gasteiger partial charge in [-0.1, -0.05) is 18.2 Å². The van der Waals surface area contributed by atoms with Crippen LogP contribution in [0.5, 0.6) is 5.75 Å². The molecule has 4 nitrogen and oxygen atoms in total. The van der Waals surface area contributed by atoms with Crippen LogP contribution in [0.15, 0.2) is 24.3 Å². The molecule has 0 spiro atoms. The molecule has 1 atom stereocenters. The number of rotatable bonds is 7. The number of aliphatic hydroxyl groups is 1. The summed E-state index contributed by atoms with van der Waals surface area (Å²) in [7, 11) is 0. The molecule has 0 bridgehead atoms. The van der Waals surface area contributed by atoms with Crippen LogP contribution in [0.1, 0.15) is 12.5 Å². The van der Waals surface area contributed by atoms with Crippen LogP contribution >= 0.6 is 0 Å². The minimum Gasteiger partial charge on any atom is -0.491 e. The smallest absolute Gasteiger partial charge is 0.122 e. The van der Waals surface area contributed by atoms with Gasteiger partial charge >= 0.3 is 0 Å². The van der Waals surface area contributed by atoms with Crippen LogP contribution in [0.4, 0.5) is 0 Å². The zero-order valence-electron chi connectivity index (χ0n) is 9.77. The molecule has 1 unspecified atom stereocenters. The minimum absolute atomic E-state index is 0.255. The molecular weight excluding hydrogens is 206 g/mol. The number of hydroxylamine groups is 1. The molecule has 2 N–H and O–H groups in total. The zero-order chi connectivity index (χ0) is 11.8. The lowest BCUT2D eigenvalue weighted by molar-refractivity contribution is 0.00943. The Labute approximate surface area is 96.1 Å². The highest BCUT2D eigenvalue weighted by molar-refractivity contribution is 5.31. The summed E-state index contributed by atoms with van der Waals surface area (Å²) in [6, 6.07) is 7.72. The first-order valence-electron chi connectivity index (χ1n) is 5.45. The number of aryl methyl sites for hydroxylation is 1. The highest BCUT2D eigenvalue weighted by Crippen LogP contribution is 2.15. The van der Waals surface area contributed by atoms with Gasteiger partial charge in [-0.15, -0.1) is 0 Å². The van der Waals surface area contributed by atoms with E-state index >= 15 is 0 Å². The molecule has 0 saturated heterocycles. The van der Waals surface area contributed by atoms with Crippen molar-refractivity contribution in [1.82, 2.24) is 5.48 Å². The van der Waals surface area contributed by atoms with Gasteiger partial charge in [-0.3, -0.25) is 0 Å². The number of benzene rings is 1. The molecule has 0 radical (unpaired) electrons. The number of aliphatic hydroxyl groups excluding tert-OH is 1. The fourth-order valence-electron chi connectivity index (χ4n) is 1.22. The van der Waals surface area contributed by atoms with Crippen molar-refractivity contribution in [3.63, 3.8) is 0 Å². The van der Waals surface area contributed by atoms with Crippen LogP contribution in [0.2, 0.25) is 0 Å². The predicted molar refractivity (Wildman–Crippen MR) is 62.3 cm³/mol. The molecule has 1 aromatic carbocycles. The average molecular weight is 225 g/mol. The first-order chi connectivity index (χ1) is 7.74. The molecule has 4 heteroatoms. The molecule has 0 aliphatic heterocycles. The van der Waals surface area contributed by atoms with Crippen LogP contribution in [0, 0.1) is 6.92 Å². The van der Waals surface area contributed by atoms with Crippen molar-refractivity contribution in [2.45, 2.75) is 20.0 Å². The van der Waals surface area contributed by atoms with Gasteiger partial charge < -0.3 is 14.7 Å². The van der Waals surface area contributed by atoms with Gasteiger partial charge in [0, 0.05) is 0 Å². The quantitative estimate of drug-likeness (QED) is 0.542. The maximum absolute atomic E-state index is 9.56. The van der Waals surface area contributed by atoms with E-state index in [-0.39, 0.29) is 6.61 Å². The molecule has 1 aromatic rings. The first-order valence-corrected chi connectivity index (χ1v) is 5.45. The summed E-state index contributed by atoms with van der Waals surface area (Å²) in [5.41, 5.74) is 3.72. The van der Waals surface area contributed by atoms with E-state index in [0.717, 1.165) is 11.3 Å². The highest BCUT2D eigenvalue weighted by Gasteiger charge is 2.05. The number of hydrogen-bond donors (Lipinski definition) is 2. The molecule has 0 aromatic heterocycles. The average Bonchev–Trinajstić information content (AvgIpc) is 2.28. The monoisotopic (exact) mass is 225 g/mol. The van der Waals surface area contributed by atoms with Crippen molar-refractivity contribution in [1.29, 1.82) is 0 Å². The van der Waals surface area contributed by atoms with E-state index in [1.54, 1.807) is 0 Å². The summed E-state index contributed by atoms with van der Waals surface area (Å²) >= 11 is 0. The third-order valence-corrected chi connectivity index (χ3v) is 2.09. The summed E-state index contributed by atoms with van der Waals surface area (Å²) in [6.07, 6.45) is -0.578. The van der Waals surface area contributed by atoms with Crippen LogP contribution in [-0.4, -0.2) is 31.0 Å². The van der Waals surface area contributed by atoms with Crippen molar-refractivity contribution in [2.24, 2.45) is 0 Å². The van der Waals surface area contributed by atoms with Crippen LogP contribution in [0.3, 0.4) is 0 Å². The Morgan fingerprint density at radius 2 is 2.12 bits per heavy atom. The van der Waals surface area contributed by atoms with Crippen molar-refractivity contribution in [3.8, 4) is 5.75 Å². The maximum Gasteiger partial charge on any atom is 0.122 e. The van der Waals surface area contributed by atoms with E-state index in [9.17, 15) is 5.11 Å². The van der Waals surface area contributed by atoms with Crippen molar-refractivity contribution in [2.75, 3.05) is 19.8 Å². The van der Waals surface area contributed by atoms with Gasteiger partial charge in [0.1, 0.15) is 18.5 Å². The zero-order valence-corrected chi connectivity index (χ0v) is 9.77. The van der Waals surface area contributed by atoms with Crippen molar-refractivity contribution >= 4 is 0 Å². The van der Waals surface area contributed by atoms with Gasteiger partial charge in [-0.05, 0) is 25.5 Å². The van der Waals surface area contributed by atoms with Gasteiger partial charge in [0.15, 0.2) is 0 Å². The summed E-state index contributed by atoms with van der Waals surface area (Å²) in [5.74, 6) is 0.804. The molecule has 0 fully saturated rings. The summed E-state index contributed by atoms with van der Waals surface area (Å²) in [5, 5.41) is 9.56. The number of nitrogens with one attached hydrogen (secondary N) is 1. The van der Waals surface area contributed by atoms with Crippen molar-refractivity contribution < 1.29 is 14.7 Å². The fourth-order valence-corrected chi connectivity index (χ4v) is 1.22. The SMILES string of the molecule is CCONCC(O)COc1ccccc1C. The highest BCUT2D eigenvalue weighted by atomic mass is 16.6. The van der Waals surface area contributed by atoms with E-state index in [1.807, 2.05) is 38.1 Å². The van der Waals surface area contributed by atoms with Gasteiger partial charge in [0.25, 0.3) is 0 Å². The van der Waals surface area contributed by atoms with E-state index < -0.39 is 6.10 Å². The Morgan fingerprint density at radius 1 is 1.38 bits per heavy atom. The van der Waals surface area contributed by atoms with Crippen LogP contribution in [0.25, 0.3) is 0 Å². The van der Waals surface area contributed by atoms with Crippen molar-refractivity contribution in [3.05, 3.63) is 29.8 Å². The Hall–Kier alpha value is -1.10. The molecule has 90 valence electrons. The van der Waals surface area contributed by atoms with E-state index in [2.05, 4.69) is 5.48 Å². The molecule has 0 heterocycles. The Morgan fingerprint density at radius 3 is 2.81 bits per heavy atom. The minimum atomic E-state index is -0.578. The fraction of sp³-hybridized carbons (Fsp3) is 0.500. The maximum atomic E-state index is 9.56. The normalized spacial score (nSPS) is 12.4. The second-order valence-corrected chi connectivity index (χ2v) is 3.51. The molecule has 0 saturated carbocycles. The van der Waals surface area contributed by atoms with Gasteiger partial charge in [0.2, 0.25) is 0 Å². The molecular formula is C12H19NO3. The van der Waals surface area contributed by atoms with E-state index in [0.29, 0.717) is 13.2 Å². The van der Waals surface area contributed by atoms with Crippen LogP contribution < -0.4 is 10.2 Å². The largest absolute Gasteiger partial charge is 0.491 e. The lowest BCUT2D eigenvalue weighted by atomic mass is 10.2. The second-order valence-electron chi connectivity index (χ2n) is 3.51. The van der Waals surface area contributed by atoms with E-state index in [1.165, 1.54) is 0 Å². The first kappa shape index (κ1) is 13.0. The molecule has 0 aliphatic carbocycles. The third kappa shape index (κ3) is 4.61. The Balaban J connectivity index is 2.26. The third-order valence-electron chi connectivity index (χ3n) is 2.09. The van der Waals surface area contributed by atoms with Gasteiger partial charge in [-0.25, -0.2) is 0 Å². The molecule has 0 amide bonds. The number of hydrogen-bond acceptors (Lipinski definition) is 4. The molecule has 1 rings (SSSR count). The Bertz CT molecular complexity index is 304. The standard InChI is InChI=1S/C12H19NO3/c1-3-16-13-8-11(14)9-15-12-7-5-4-6-10(12)2/h4-7,11,13-14H,3,8-9H2,1-2H3. The second kappa shape index (κ2) is 7.22. The summed E-state index contributed by atoms with van der Waals surface area (Å²) in [4.78, 5) is 4.91. The summed E-state index contributed by atoms with van der Waals surface area (Å²) in [6.45, 7) is 5.04. The Kier molecular flexibility index (Phi) is 5.85. The lowest BCUT2D eigenvalue weighted by Gasteiger charge is -2.14. The van der Waals surface area contributed by atoms with Gasteiger partial charge in [0.05, 0.1) is 13.2 Å². The number of ether oxygens (including phenoxy) is 1.